The molecule has 0 atom stereocenters. The van der Waals surface area contributed by atoms with Gasteiger partial charge >= 0.3 is 0 Å². The van der Waals surface area contributed by atoms with Gasteiger partial charge in [-0.25, -0.2) is 8.42 Å². The Labute approximate surface area is 140 Å². The zero-order chi connectivity index (χ0) is 16.3. The summed E-state index contributed by atoms with van der Waals surface area (Å²) in [6.07, 6.45) is 2.93. The minimum absolute atomic E-state index is 0.571. The molecule has 3 rings (SSSR count). The topological polar surface area (TPSA) is 79.5 Å². The quantitative estimate of drug-likeness (QED) is 0.776. The van der Waals surface area contributed by atoms with E-state index >= 15 is 0 Å². The van der Waals surface area contributed by atoms with Gasteiger partial charge in [0.1, 0.15) is 0 Å². The van der Waals surface area contributed by atoms with E-state index in [2.05, 4.69) is 15.0 Å². The van der Waals surface area contributed by atoms with Gasteiger partial charge in [-0.3, -0.25) is 0 Å². The average molecular weight is 356 g/mol. The first-order valence-electron chi connectivity index (χ1n) is 7.56. The minimum Gasteiger partial charge on any atom is -0.339 e. The summed E-state index contributed by atoms with van der Waals surface area (Å²) in [4.78, 5) is 7.69. The zero-order valence-electron chi connectivity index (χ0n) is 13.0. The molecule has 0 saturated carbocycles. The first-order chi connectivity index (χ1) is 11.0. The van der Waals surface area contributed by atoms with E-state index in [1.54, 1.807) is 11.3 Å². The summed E-state index contributed by atoms with van der Waals surface area (Å²) in [5, 5.41) is 5.99. The van der Waals surface area contributed by atoms with Crippen LogP contribution in [0.1, 0.15) is 12.3 Å². The molecular weight excluding hydrogens is 336 g/mol. The van der Waals surface area contributed by atoms with Crippen molar-refractivity contribution in [3.8, 4) is 10.7 Å². The molecule has 126 valence electrons. The highest BCUT2D eigenvalue weighted by Crippen LogP contribution is 2.21. The second kappa shape index (κ2) is 7.08. The summed E-state index contributed by atoms with van der Waals surface area (Å²) in [7, 11) is -3.06. The number of hydrogen-bond donors (Lipinski definition) is 0. The van der Waals surface area contributed by atoms with Gasteiger partial charge in [-0.05, 0) is 24.4 Å². The molecule has 0 spiro atoms. The summed E-state index contributed by atoms with van der Waals surface area (Å²) < 4.78 is 29.8. The summed E-state index contributed by atoms with van der Waals surface area (Å²) in [6.45, 7) is 3.60. The van der Waals surface area contributed by atoms with E-state index in [0.29, 0.717) is 24.8 Å². The number of nitrogens with zero attached hydrogens (tertiary/aromatic N) is 4. The van der Waals surface area contributed by atoms with Crippen molar-refractivity contribution in [2.24, 2.45) is 0 Å². The van der Waals surface area contributed by atoms with E-state index in [4.69, 9.17) is 4.52 Å². The Hall–Kier alpha value is -1.29. The number of rotatable bonds is 6. The zero-order valence-corrected chi connectivity index (χ0v) is 14.6. The van der Waals surface area contributed by atoms with Crippen molar-refractivity contribution in [3.05, 3.63) is 23.4 Å². The second-order valence-electron chi connectivity index (χ2n) is 5.60. The van der Waals surface area contributed by atoms with E-state index in [-0.39, 0.29) is 0 Å². The number of sulfonamides is 1. The van der Waals surface area contributed by atoms with Gasteiger partial charge in [0, 0.05) is 32.6 Å². The van der Waals surface area contributed by atoms with Crippen molar-refractivity contribution in [1.82, 2.24) is 19.3 Å². The SMILES string of the molecule is CS(=O)(=O)N1CCN(CCCc2nc(-c3cccs3)no2)CC1. The lowest BCUT2D eigenvalue weighted by atomic mass is 10.2. The third kappa shape index (κ3) is 4.37. The Morgan fingerprint density at radius 2 is 2.09 bits per heavy atom. The second-order valence-corrected chi connectivity index (χ2v) is 8.53. The third-order valence-corrected chi connectivity index (χ3v) is 6.04. The van der Waals surface area contributed by atoms with E-state index in [1.807, 2.05) is 17.5 Å². The molecule has 1 fully saturated rings. The predicted octanol–water partition coefficient (Wildman–Crippen LogP) is 1.31. The van der Waals surface area contributed by atoms with Crippen LogP contribution in [0.2, 0.25) is 0 Å². The van der Waals surface area contributed by atoms with Gasteiger partial charge < -0.3 is 9.42 Å². The lowest BCUT2D eigenvalue weighted by Gasteiger charge is -2.33. The van der Waals surface area contributed by atoms with Gasteiger partial charge in [0.05, 0.1) is 11.1 Å². The normalized spacial score (nSPS) is 17.6. The standard InChI is InChI=1S/C14H20N4O3S2/c1-23(19,20)18-9-7-17(8-10-18)6-2-5-13-15-14(16-21-13)12-4-3-11-22-12/h3-4,11H,2,5-10H2,1H3. The minimum atomic E-state index is -3.06. The van der Waals surface area contributed by atoms with Gasteiger partial charge in [-0.15, -0.1) is 11.3 Å². The summed E-state index contributed by atoms with van der Waals surface area (Å²) in [5.74, 6) is 1.31. The van der Waals surface area contributed by atoms with E-state index in [1.165, 1.54) is 10.6 Å². The Morgan fingerprint density at radius 1 is 1.30 bits per heavy atom. The summed E-state index contributed by atoms with van der Waals surface area (Å²) in [5.41, 5.74) is 0. The van der Waals surface area contributed by atoms with Gasteiger partial charge in [0.15, 0.2) is 0 Å². The lowest BCUT2D eigenvalue weighted by molar-refractivity contribution is 0.186. The molecule has 0 N–H and O–H groups in total. The molecule has 0 radical (unpaired) electrons. The van der Waals surface area contributed by atoms with Gasteiger partial charge in [0.2, 0.25) is 21.7 Å². The van der Waals surface area contributed by atoms with Crippen LogP contribution >= 0.6 is 11.3 Å². The fourth-order valence-corrected chi connectivity index (χ4v) is 4.08. The molecule has 0 aromatic carbocycles. The maximum atomic E-state index is 11.5. The largest absolute Gasteiger partial charge is 0.339 e. The molecule has 23 heavy (non-hydrogen) atoms. The van der Waals surface area contributed by atoms with Crippen LogP contribution in [0.3, 0.4) is 0 Å². The fourth-order valence-electron chi connectivity index (χ4n) is 2.60. The van der Waals surface area contributed by atoms with Crippen LogP contribution < -0.4 is 0 Å². The fraction of sp³-hybridized carbons (Fsp3) is 0.571. The number of aryl methyl sites for hydroxylation is 1. The highest BCUT2D eigenvalue weighted by Gasteiger charge is 2.23. The highest BCUT2D eigenvalue weighted by molar-refractivity contribution is 7.88. The van der Waals surface area contributed by atoms with Crippen molar-refractivity contribution < 1.29 is 12.9 Å². The van der Waals surface area contributed by atoms with Crippen molar-refractivity contribution >= 4 is 21.4 Å². The van der Waals surface area contributed by atoms with Crippen LogP contribution in [0.25, 0.3) is 10.7 Å². The van der Waals surface area contributed by atoms with Gasteiger partial charge in [-0.1, -0.05) is 11.2 Å². The molecule has 3 heterocycles. The molecule has 9 heteroatoms. The molecule has 1 aliphatic rings. The maximum absolute atomic E-state index is 11.5. The van der Waals surface area contributed by atoms with Crippen LogP contribution in [-0.4, -0.2) is 66.7 Å². The van der Waals surface area contributed by atoms with Crippen molar-refractivity contribution in [2.45, 2.75) is 12.8 Å². The summed E-state index contributed by atoms with van der Waals surface area (Å²) in [6, 6.07) is 3.94. The van der Waals surface area contributed by atoms with E-state index in [9.17, 15) is 8.42 Å². The Bertz CT molecular complexity index is 719. The molecule has 0 amide bonds. The van der Waals surface area contributed by atoms with E-state index in [0.717, 1.165) is 37.4 Å². The molecular formula is C14H20N4O3S2. The number of thiophene rings is 1. The lowest BCUT2D eigenvalue weighted by Crippen LogP contribution is -2.48. The molecule has 0 aliphatic carbocycles. The van der Waals surface area contributed by atoms with Crippen molar-refractivity contribution in [3.63, 3.8) is 0 Å². The monoisotopic (exact) mass is 356 g/mol. The molecule has 2 aromatic heterocycles. The smallest absolute Gasteiger partial charge is 0.227 e. The molecule has 1 aliphatic heterocycles. The van der Waals surface area contributed by atoms with Crippen molar-refractivity contribution in [2.75, 3.05) is 39.0 Å². The Morgan fingerprint density at radius 3 is 2.74 bits per heavy atom. The first-order valence-corrected chi connectivity index (χ1v) is 10.3. The van der Waals surface area contributed by atoms with Crippen LogP contribution in [-0.2, 0) is 16.4 Å². The molecule has 2 aromatic rings. The van der Waals surface area contributed by atoms with Crippen LogP contribution in [0.5, 0.6) is 0 Å². The molecule has 0 bridgehead atoms. The average Bonchev–Trinajstić information content (AvgIpc) is 3.18. The Balaban J connectivity index is 1.42. The highest BCUT2D eigenvalue weighted by atomic mass is 32.2. The molecule has 7 nitrogen and oxygen atoms in total. The van der Waals surface area contributed by atoms with Crippen LogP contribution in [0.4, 0.5) is 0 Å². The van der Waals surface area contributed by atoms with Crippen LogP contribution in [0.15, 0.2) is 22.0 Å². The van der Waals surface area contributed by atoms with E-state index < -0.39 is 10.0 Å². The number of piperazine rings is 1. The predicted molar refractivity (Wildman–Crippen MR) is 88.8 cm³/mol. The maximum Gasteiger partial charge on any atom is 0.227 e. The Kier molecular flexibility index (Phi) is 5.10. The number of hydrogen-bond acceptors (Lipinski definition) is 7. The molecule has 1 saturated heterocycles. The third-order valence-electron chi connectivity index (χ3n) is 3.87. The first kappa shape index (κ1) is 16.6. The van der Waals surface area contributed by atoms with Crippen molar-refractivity contribution in [1.29, 1.82) is 0 Å². The van der Waals surface area contributed by atoms with Gasteiger partial charge in [-0.2, -0.15) is 9.29 Å². The van der Waals surface area contributed by atoms with Gasteiger partial charge in [0.25, 0.3) is 0 Å². The molecule has 0 unspecified atom stereocenters. The van der Waals surface area contributed by atoms with Crippen LogP contribution in [0, 0.1) is 0 Å². The summed E-state index contributed by atoms with van der Waals surface area (Å²) >= 11 is 1.59. The number of aromatic nitrogens is 2.